The van der Waals surface area contributed by atoms with E-state index in [0.717, 1.165) is 11.3 Å². The molecule has 1 heterocycles. The number of para-hydroxylation sites is 1. The van der Waals surface area contributed by atoms with E-state index in [2.05, 4.69) is 11.7 Å². The van der Waals surface area contributed by atoms with E-state index in [4.69, 9.17) is 0 Å². The molecule has 0 amide bonds. The molecule has 2 heteroatoms. The molecule has 2 rings (SSSR count). The number of hydrogen-bond acceptors (Lipinski definition) is 1. The summed E-state index contributed by atoms with van der Waals surface area (Å²) in [7, 11) is 0. The minimum atomic E-state index is 1.03. The van der Waals surface area contributed by atoms with Gasteiger partial charge in [0.05, 0.1) is 11.9 Å². The lowest BCUT2D eigenvalue weighted by Gasteiger charge is -1.98. The number of hydrogen-bond donors (Lipinski definition) is 0. The second kappa shape index (κ2) is 3.27. The average molecular weight is 170 g/mol. The first-order valence-electron chi connectivity index (χ1n) is 4.12. The van der Waals surface area contributed by atoms with Crippen LogP contribution in [0, 0.1) is 0 Å². The van der Waals surface area contributed by atoms with Crippen molar-refractivity contribution in [3.63, 3.8) is 0 Å². The van der Waals surface area contributed by atoms with Gasteiger partial charge in [-0.25, -0.2) is 4.68 Å². The van der Waals surface area contributed by atoms with Crippen molar-refractivity contribution in [3.05, 3.63) is 54.9 Å². The Hall–Kier alpha value is -1.83. The fraction of sp³-hybridized carbons (Fsp3) is 0. The Morgan fingerprint density at radius 2 is 2.00 bits per heavy atom. The van der Waals surface area contributed by atoms with Gasteiger partial charge in [0, 0.05) is 11.8 Å². The highest BCUT2D eigenvalue weighted by Gasteiger charge is 1.95. The van der Waals surface area contributed by atoms with E-state index in [0.29, 0.717) is 0 Å². The molecule has 0 saturated carbocycles. The number of nitrogens with zero attached hydrogens (tertiary/aromatic N) is 2. The van der Waals surface area contributed by atoms with E-state index in [1.54, 1.807) is 12.3 Å². The quantitative estimate of drug-likeness (QED) is 0.677. The fourth-order valence-electron chi connectivity index (χ4n) is 1.16. The molecule has 1 aromatic carbocycles. The molecular weight excluding hydrogens is 160 g/mol. The van der Waals surface area contributed by atoms with E-state index in [1.807, 2.05) is 41.2 Å². The lowest BCUT2D eigenvalue weighted by atomic mass is 10.3. The summed E-state index contributed by atoms with van der Waals surface area (Å²) >= 11 is 0. The van der Waals surface area contributed by atoms with Crippen LogP contribution in [0.5, 0.6) is 0 Å². The van der Waals surface area contributed by atoms with Crippen LogP contribution in [0.1, 0.15) is 5.56 Å². The average Bonchev–Trinajstić information content (AvgIpc) is 2.67. The van der Waals surface area contributed by atoms with Crippen molar-refractivity contribution in [2.24, 2.45) is 0 Å². The molecule has 64 valence electrons. The maximum atomic E-state index is 4.20. The highest BCUT2D eigenvalue weighted by Crippen LogP contribution is 2.07. The molecule has 2 nitrogen and oxygen atoms in total. The molecule has 0 aliphatic rings. The summed E-state index contributed by atoms with van der Waals surface area (Å²) < 4.78 is 1.83. The van der Waals surface area contributed by atoms with Crippen molar-refractivity contribution in [1.82, 2.24) is 9.78 Å². The van der Waals surface area contributed by atoms with E-state index in [9.17, 15) is 0 Å². The zero-order valence-corrected chi connectivity index (χ0v) is 7.22. The van der Waals surface area contributed by atoms with Crippen molar-refractivity contribution in [2.45, 2.75) is 0 Å². The normalized spacial score (nSPS) is 9.85. The van der Waals surface area contributed by atoms with Gasteiger partial charge in [0.15, 0.2) is 0 Å². The highest BCUT2D eigenvalue weighted by atomic mass is 15.3. The molecule has 2 aromatic rings. The molecule has 0 aliphatic carbocycles. The molecule has 0 radical (unpaired) electrons. The van der Waals surface area contributed by atoms with Gasteiger partial charge in [-0.2, -0.15) is 5.10 Å². The molecule has 0 saturated heterocycles. The third kappa shape index (κ3) is 1.51. The van der Waals surface area contributed by atoms with Crippen LogP contribution in [0.25, 0.3) is 11.8 Å². The topological polar surface area (TPSA) is 17.8 Å². The molecule has 13 heavy (non-hydrogen) atoms. The first-order valence-corrected chi connectivity index (χ1v) is 4.12. The van der Waals surface area contributed by atoms with Gasteiger partial charge < -0.3 is 0 Å². The summed E-state index contributed by atoms with van der Waals surface area (Å²) in [6.07, 6.45) is 5.52. The molecular formula is C11H10N2. The summed E-state index contributed by atoms with van der Waals surface area (Å²) in [5, 5.41) is 4.20. The van der Waals surface area contributed by atoms with Crippen LogP contribution < -0.4 is 0 Å². The number of benzene rings is 1. The molecule has 0 atom stereocenters. The lowest BCUT2D eigenvalue weighted by Crippen LogP contribution is -1.92. The van der Waals surface area contributed by atoms with Crippen molar-refractivity contribution in [1.29, 1.82) is 0 Å². The van der Waals surface area contributed by atoms with Crippen LogP contribution >= 0.6 is 0 Å². The van der Waals surface area contributed by atoms with Crippen molar-refractivity contribution >= 4 is 6.08 Å². The summed E-state index contributed by atoms with van der Waals surface area (Å²) in [5.74, 6) is 0. The van der Waals surface area contributed by atoms with E-state index < -0.39 is 0 Å². The second-order valence-corrected chi connectivity index (χ2v) is 2.76. The smallest absolute Gasteiger partial charge is 0.0645 e. The largest absolute Gasteiger partial charge is 0.240 e. The molecule has 0 aliphatic heterocycles. The Morgan fingerprint density at radius 3 is 2.62 bits per heavy atom. The van der Waals surface area contributed by atoms with E-state index in [-0.39, 0.29) is 0 Å². The Balaban J connectivity index is 2.41. The van der Waals surface area contributed by atoms with Gasteiger partial charge in [0.2, 0.25) is 0 Å². The Morgan fingerprint density at radius 1 is 1.23 bits per heavy atom. The maximum Gasteiger partial charge on any atom is 0.0645 e. The molecule has 0 unspecified atom stereocenters. The number of aromatic nitrogens is 2. The summed E-state index contributed by atoms with van der Waals surface area (Å²) in [4.78, 5) is 0. The highest BCUT2D eigenvalue weighted by molar-refractivity contribution is 5.45. The summed E-state index contributed by atoms with van der Waals surface area (Å²) in [5.41, 5.74) is 2.10. The minimum Gasteiger partial charge on any atom is -0.240 e. The monoisotopic (exact) mass is 170 g/mol. The maximum absolute atomic E-state index is 4.20. The third-order valence-electron chi connectivity index (χ3n) is 1.86. The van der Waals surface area contributed by atoms with Gasteiger partial charge >= 0.3 is 0 Å². The van der Waals surface area contributed by atoms with Crippen LogP contribution in [-0.4, -0.2) is 9.78 Å². The van der Waals surface area contributed by atoms with Gasteiger partial charge in [0.25, 0.3) is 0 Å². The predicted octanol–water partition coefficient (Wildman–Crippen LogP) is 2.52. The van der Waals surface area contributed by atoms with Crippen molar-refractivity contribution < 1.29 is 0 Å². The standard InChI is InChI=1S/C11H10N2/c1-2-10-8-12-13(9-10)11-6-4-3-5-7-11/h2-9H,1H2. The zero-order chi connectivity index (χ0) is 9.10. The summed E-state index contributed by atoms with van der Waals surface area (Å²) in [6, 6.07) is 10.00. The van der Waals surface area contributed by atoms with Crippen LogP contribution in [0.15, 0.2) is 49.3 Å². The second-order valence-electron chi connectivity index (χ2n) is 2.76. The van der Waals surface area contributed by atoms with Gasteiger partial charge in [-0.1, -0.05) is 30.9 Å². The van der Waals surface area contributed by atoms with E-state index >= 15 is 0 Å². The molecule has 1 aromatic heterocycles. The van der Waals surface area contributed by atoms with Crippen LogP contribution in [0.2, 0.25) is 0 Å². The zero-order valence-electron chi connectivity index (χ0n) is 7.22. The van der Waals surface area contributed by atoms with Gasteiger partial charge in [-0.05, 0) is 12.1 Å². The van der Waals surface area contributed by atoms with Crippen LogP contribution in [0.4, 0.5) is 0 Å². The van der Waals surface area contributed by atoms with Crippen LogP contribution in [-0.2, 0) is 0 Å². The Labute approximate surface area is 77.1 Å². The SMILES string of the molecule is C=Cc1cnn(-c2ccccc2)c1. The van der Waals surface area contributed by atoms with Gasteiger partial charge in [-0.3, -0.25) is 0 Å². The van der Waals surface area contributed by atoms with Gasteiger partial charge in [-0.15, -0.1) is 0 Å². The fourth-order valence-corrected chi connectivity index (χ4v) is 1.16. The van der Waals surface area contributed by atoms with E-state index in [1.165, 1.54) is 0 Å². The van der Waals surface area contributed by atoms with Crippen LogP contribution in [0.3, 0.4) is 0 Å². The third-order valence-corrected chi connectivity index (χ3v) is 1.86. The first-order chi connectivity index (χ1) is 6.40. The minimum absolute atomic E-state index is 1.03. The van der Waals surface area contributed by atoms with Crippen molar-refractivity contribution in [3.8, 4) is 5.69 Å². The van der Waals surface area contributed by atoms with Crippen molar-refractivity contribution in [2.75, 3.05) is 0 Å². The Bertz CT molecular complexity index is 401. The Kier molecular flexibility index (Phi) is 1.96. The molecule has 0 fully saturated rings. The van der Waals surface area contributed by atoms with Gasteiger partial charge in [0.1, 0.15) is 0 Å². The lowest BCUT2D eigenvalue weighted by molar-refractivity contribution is 0.880. The summed E-state index contributed by atoms with van der Waals surface area (Å²) in [6.45, 7) is 3.68. The molecule has 0 spiro atoms. The number of rotatable bonds is 2. The molecule has 0 bridgehead atoms. The predicted molar refractivity (Wildman–Crippen MR) is 53.7 cm³/mol. The first kappa shape index (κ1) is 7.80. The molecule has 0 N–H and O–H groups in total.